The molecule has 0 amide bonds. The van der Waals surface area contributed by atoms with E-state index in [0.717, 1.165) is 49.6 Å². The van der Waals surface area contributed by atoms with Gasteiger partial charge in [0.25, 0.3) is 0 Å². The van der Waals surface area contributed by atoms with Crippen molar-refractivity contribution in [3.05, 3.63) is 63.9 Å². The summed E-state index contributed by atoms with van der Waals surface area (Å²) < 4.78 is 82.2. The summed E-state index contributed by atoms with van der Waals surface area (Å²) in [6.07, 6.45) is -5.37. The lowest BCUT2D eigenvalue weighted by Crippen LogP contribution is -2.31. The summed E-state index contributed by atoms with van der Waals surface area (Å²) in [5.74, 6) is 2.57. The van der Waals surface area contributed by atoms with Gasteiger partial charge in [-0.05, 0) is 74.3 Å². The van der Waals surface area contributed by atoms with Gasteiger partial charge in [-0.1, -0.05) is 0 Å². The van der Waals surface area contributed by atoms with Gasteiger partial charge >= 0.3 is 12.4 Å². The van der Waals surface area contributed by atoms with Crippen molar-refractivity contribution in [1.29, 1.82) is 0 Å². The molecule has 2 aliphatic carbocycles. The molecule has 2 fully saturated rings. The fourth-order valence-electron chi connectivity index (χ4n) is 4.76. The number of nitrogens with zero attached hydrogens (tertiary/aromatic N) is 6. The number of aryl methyl sites for hydroxylation is 2. The maximum absolute atomic E-state index is 13.4. The number of fused-ring (bicyclic) bond motifs is 1. The number of hydrogen-bond acceptors (Lipinski definition) is 4. The first-order valence-corrected chi connectivity index (χ1v) is 12.8. The number of rotatable bonds is 9. The van der Waals surface area contributed by atoms with E-state index in [-0.39, 0.29) is 18.2 Å². The van der Waals surface area contributed by atoms with E-state index in [1.54, 1.807) is 0 Å². The van der Waals surface area contributed by atoms with Crippen LogP contribution in [0, 0.1) is 25.3 Å². The first-order chi connectivity index (χ1) is 18.3. The Balaban J connectivity index is 1.50. The highest BCUT2D eigenvalue weighted by Gasteiger charge is 2.37. The number of benzene rings is 1. The highest BCUT2D eigenvalue weighted by atomic mass is 19.4. The molecular weight excluding hydrogens is 522 g/mol. The van der Waals surface area contributed by atoms with Gasteiger partial charge in [0.05, 0.1) is 11.1 Å². The van der Waals surface area contributed by atoms with Crippen LogP contribution in [0.25, 0.3) is 16.1 Å². The fraction of sp³-hybridized carbons (Fsp3) is 0.519. The molecule has 2 saturated carbocycles. The molecule has 6 nitrogen and oxygen atoms in total. The molecule has 2 aliphatic rings. The van der Waals surface area contributed by atoms with Crippen LogP contribution >= 0.6 is 0 Å². The molecule has 0 aliphatic heterocycles. The van der Waals surface area contributed by atoms with Crippen LogP contribution in [-0.4, -0.2) is 32.6 Å². The lowest BCUT2D eigenvalue weighted by molar-refractivity contribution is -0.143. The minimum atomic E-state index is -4.95. The molecule has 3 aromatic rings. The van der Waals surface area contributed by atoms with E-state index in [9.17, 15) is 26.3 Å². The van der Waals surface area contributed by atoms with Gasteiger partial charge in [0, 0.05) is 25.7 Å². The van der Waals surface area contributed by atoms with Crippen LogP contribution in [0.5, 0.6) is 0 Å². The molecule has 2 aromatic heterocycles. The molecule has 0 spiro atoms. The van der Waals surface area contributed by atoms with Gasteiger partial charge in [-0.15, -0.1) is 5.01 Å². The second kappa shape index (κ2) is 9.92. The first-order valence-electron chi connectivity index (χ1n) is 12.8. The SMILES string of the molecule is [C-]#[N+]N(Cc1cc(C(F)(F)F)cc(C(F)(F)F)c1)Cc1cc2nc(C)n(C)c2nc1N(CC1CC1)CC1CC1. The van der Waals surface area contributed by atoms with Gasteiger partial charge in [-0.3, -0.25) is 0 Å². The van der Waals surface area contributed by atoms with Crippen LogP contribution in [0.3, 0.4) is 0 Å². The zero-order valence-corrected chi connectivity index (χ0v) is 21.6. The van der Waals surface area contributed by atoms with E-state index >= 15 is 0 Å². The summed E-state index contributed by atoms with van der Waals surface area (Å²) in [4.78, 5) is 15.2. The molecule has 5 rings (SSSR count). The predicted octanol–water partition coefficient (Wildman–Crippen LogP) is 6.78. The Bertz CT molecular complexity index is 1370. The molecule has 39 heavy (non-hydrogen) atoms. The van der Waals surface area contributed by atoms with E-state index in [1.165, 1.54) is 0 Å². The van der Waals surface area contributed by atoms with Gasteiger partial charge in [-0.2, -0.15) is 37.9 Å². The van der Waals surface area contributed by atoms with Crippen molar-refractivity contribution in [2.24, 2.45) is 18.9 Å². The summed E-state index contributed by atoms with van der Waals surface area (Å²) >= 11 is 0. The van der Waals surface area contributed by atoms with E-state index in [0.29, 0.717) is 46.5 Å². The normalized spacial score (nSPS) is 16.0. The molecule has 0 N–H and O–H groups in total. The standard InChI is InChI=1S/C27H28F6N6/c1-16-35-23-10-20(24(36-25(23)37(16)3)38(12-17-4-5-17)13-18-6-7-18)15-39(34-2)14-19-8-21(26(28,29)30)11-22(9-19)27(31,32)33/h8-11,17-18H,4-7,12-15H2,1,3H3. The molecule has 0 unspecified atom stereocenters. The summed E-state index contributed by atoms with van der Waals surface area (Å²) in [6.45, 7) is 10.7. The molecule has 2 heterocycles. The number of aromatic nitrogens is 3. The van der Waals surface area contributed by atoms with Crippen LogP contribution < -0.4 is 4.90 Å². The summed E-state index contributed by atoms with van der Waals surface area (Å²) in [6, 6.07) is 3.27. The van der Waals surface area contributed by atoms with Gasteiger partial charge in [0.15, 0.2) is 5.65 Å². The monoisotopic (exact) mass is 550 g/mol. The van der Waals surface area contributed by atoms with E-state index < -0.39 is 30.0 Å². The van der Waals surface area contributed by atoms with Gasteiger partial charge in [0.1, 0.15) is 30.2 Å². The Labute approximate surface area is 222 Å². The molecule has 0 saturated heterocycles. The number of alkyl halides is 6. The van der Waals surface area contributed by atoms with Gasteiger partial charge < -0.3 is 9.47 Å². The molecule has 0 radical (unpaired) electrons. The Hall–Kier alpha value is -3.49. The predicted molar refractivity (Wildman–Crippen MR) is 133 cm³/mol. The Morgan fingerprint density at radius 2 is 1.46 bits per heavy atom. The lowest BCUT2D eigenvalue weighted by atomic mass is 10.0. The quantitative estimate of drug-likeness (QED) is 0.167. The summed E-state index contributed by atoms with van der Waals surface area (Å²) in [5.41, 5.74) is -1.07. The fourth-order valence-corrected chi connectivity index (χ4v) is 4.76. The van der Waals surface area contributed by atoms with Crippen molar-refractivity contribution in [1.82, 2.24) is 19.5 Å². The number of pyridine rings is 1. The van der Waals surface area contributed by atoms with E-state index in [2.05, 4.69) is 14.8 Å². The maximum atomic E-state index is 13.4. The minimum Gasteiger partial charge on any atom is -0.356 e. The molecule has 0 bridgehead atoms. The van der Waals surface area contributed by atoms with Crippen LogP contribution in [0.1, 0.15) is 53.8 Å². The zero-order valence-electron chi connectivity index (χ0n) is 21.6. The average molecular weight is 551 g/mol. The third-order valence-electron chi connectivity index (χ3n) is 7.28. The van der Waals surface area contributed by atoms with Gasteiger partial charge in [-0.25, -0.2) is 9.97 Å². The highest BCUT2D eigenvalue weighted by Crippen LogP contribution is 2.39. The maximum Gasteiger partial charge on any atom is 0.416 e. The molecule has 0 atom stereocenters. The number of anilines is 1. The highest BCUT2D eigenvalue weighted by molar-refractivity contribution is 5.76. The molecule has 12 heteroatoms. The van der Waals surface area contributed by atoms with Crippen LogP contribution in [0.2, 0.25) is 0 Å². The van der Waals surface area contributed by atoms with Crippen molar-refractivity contribution in [3.8, 4) is 0 Å². The van der Waals surface area contributed by atoms with Crippen LogP contribution in [0.4, 0.5) is 32.2 Å². The summed E-state index contributed by atoms with van der Waals surface area (Å²) in [5, 5.41) is 1.14. The molecule has 1 aromatic carbocycles. The Morgan fingerprint density at radius 1 is 0.897 bits per heavy atom. The third-order valence-corrected chi connectivity index (χ3v) is 7.28. The Kier molecular flexibility index (Phi) is 6.89. The van der Waals surface area contributed by atoms with Crippen molar-refractivity contribution < 1.29 is 26.3 Å². The van der Waals surface area contributed by atoms with Crippen LogP contribution in [-0.2, 0) is 32.5 Å². The Morgan fingerprint density at radius 3 is 1.95 bits per heavy atom. The number of halogens is 6. The van der Waals surface area contributed by atoms with Gasteiger partial charge in [0.2, 0.25) is 0 Å². The van der Waals surface area contributed by atoms with E-state index in [4.69, 9.17) is 11.6 Å². The van der Waals surface area contributed by atoms with Crippen molar-refractivity contribution in [2.45, 2.75) is 58.0 Å². The van der Waals surface area contributed by atoms with E-state index in [1.807, 2.05) is 24.6 Å². The zero-order chi connectivity index (χ0) is 28.1. The largest absolute Gasteiger partial charge is 0.416 e. The van der Waals surface area contributed by atoms with Crippen molar-refractivity contribution in [2.75, 3.05) is 18.0 Å². The third kappa shape index (κ3) is 6.23. The molecule has 208 valence electrons. The first kappa shape index (κ1) is 27.1. The lowest BCUT2D eigenvalue weighted by Gasteiger charge is -2.27. The number of imidazole rings is 1. The average Bonchev–Trinajstić information content (AvgIpc) is 3.79. The smallest absolute Gasteiger partial charge is 0.356 e. The molecular formula is C27H28F6N6. The second-order valence-corrected chi connectivity index (χ2v) is 10.7. The van der Waals surface area contributed by atoms with Crippen LogP contribution in [0.15, 0.2) is 24.3 Å². The topological polar surface area (TPSA) is 41.6 Å². The van der Waals surface area contributed by atoms with Crippen molar-refractivity contribution >= 4 is 17.0 Å². The van der Waals surface area contributed by atoms with Crippen molar-refractivity contribution in [3.63, 3.8) is 0 Å². The number of hydrogen-bond donors (Lipinski definition) is 0. The second-order valence-electron chi connectivity index (χ2n) is 10.7. The summed E-state index contributed by atoms with van der Waals surface area (Å²) in [7, 11) is 1.87. The minimum absolute atomic E-state index is 0.0270.